The van der Waals surface area contributed by atoms with Crippen LogP contribution in [0.2, 0.25) is 13.1 Å². The highest BCUT2D eigenvalue weighted by molar-refractivity contribution is 9.11. The molecule has 5 heteroatoms. The van der Waals surface area contributed by atoms with Gasteiger partial charge in [0.2, 0.25) is 0 Å². The molecule has 2 aliphatic heterocycles. The van der Waals surface area contributed by atoms with E-state index in [2.05, 4.69) is 31.9 Å². The van der Waals surface area contributed by atoms with Crippen LogP contribution < -0.4 is 20.2 Å². The zero-order chi connectivity index (χ0) is 33.4. The Bertz CT molecular complexity index is 1320. The van der Waals surface area contributed by atoms with Gasteiger partial charge >= 0.3 is 0 Å². The van der Waals surface area contributed by atoms with Crippen molar-refractivity contribution in [2.45, 2.75) is 38.6 Å². The van der Waals surface area contributed by atoms with Crippen molar-refractivity contribution >= 4 is 61.7 Å². The van der Waals surface area contributed by atoms with Gasteiger partial charge in [-0.05, 0) is 72.3 Å². The van der Waals surface area contributed by atoms with E-state index in [9.17, 15) is 0 Å². The minimum absolute atomic E-state index is 0.125. The summed E-state index contributed by atoms with van der Waals surface area (Å²) in [5.41, 5.74) is -0.250. The van der Waals surface area contributed by atoms with E-state index in [1.807, 2.05) is 13.1 Å². The highest BCUT2D eigenvalue weighted by Crippen LogP contribution is 2.27. The maximum absolute atomic E-state index is 8.43. The number of halogens is 2. The summed E-state index contributed by atoms with van der Waals surface area (Å²) in [7, 11) is -3.05. The third-order valence-corrected chi connectivity index (χ3v) is 10.2. The molecular formula is C22H28Br2N2Si. The lowest BCUT2D eigenvalue weighted by Gasteiger charge is -2.30. The van der Waals surface area contributed by atoms with Crippen molar-refractivity contribution < 1.29 is 21.9 Å². The Morgan fingerprint density at radius 1 is 0.741 bits per heavy atom. The molecule has 0 atom stereocenters. The first-order chi connectivity index (χ1) is 19.0. The quantitative estimate of drug-likeness (QED) is 0.506. The van der Waals surface area contributed by atoms with Crippen LogP contribution in [0.25, 0.3) is 0 Å². The average molecular weight is 524 g/mol. The first-order valence-corrected chi connectivity index (χ1v) is 12.8. The maximum atomic E-state index is 8.43. The number of hydrogen-bond donors (Lipinski definition) is 0. The predicted molar refractivity (Wildman–Crippen MR) is 128 cm³/mol. The molecule has 2 aromatic carbocycles. The molecular weight excluding hydrogens is 480 g/mol. The van der Waals surface area contributed by atoms with Gasteiger partial charge < -0.3 is 9.80 Å². The van der Waals surface area contributed by atoms with E-state index < -0.39 is 59.6 Å². The van der Waals surface area contributed by atoms with Gasteiger partial charge in [-0.25, -0.2) is 0 Å². The van der Waals surface area contributed by atoms with E-state index in [1.54, 1.807) is 0 Å². The van der Waals surface area contributed by atoms with Gasteiger partial charge in [-0.1, -0.05) is 45.0 Å². The summed E-state index contributed by atoms with van der Waals surface area (Å²) in [6.07, 6.45) is -12.9. The van der Waals surface area contributed by atoms with Gasteiger partial charge in [-0.2, -0.15) is 0 Å². The van der Waals surface area contributed by atoms with Crippen LogP contribution in [0.4, 0.5) is 11.4 Å². The fourth-order valence-corrected chi connectivity index (χ4v) is 9.19. The van der Waals surface area contributed by atoms with E-state index in [0.717, 1.165) is 0 Å². The van der Waals surface area contributed by atoms with Crippen molar-refractivity contribution in [2.75, 3.05) is 35.8 Å². The molecule has 0 bridgehead atoms. The van der Waals surface area contributed by atoms with E-state index in [-0.39, 0.29) is 11.4 Å². The lowest BCUT2D eigenvalue weighted by molar-refractivity contribution is 0.949. The Morgan fingerprint density at radius 2 is 1.11 bits per heavy atom. The highest BCUT2D eigenvalue weighted by atomic mass is 79.9. The molecule has 0 amide bonds. The standard InChI is InChI=1S/C22H28Br2N2Si/c1-27(2,21-15-17(7-9-19(21)23)25-11-3-4-12-25)22-16-18(8-10-20(22)24)26-13-5-6-14-26/h7-10,15-16H,3-6,11-14H2,1-2H3/i3D2,4D2,5D2,6D2,11D2,12D2,13D2,14D2. The lowest BCUT2D eigenvalue weighted by Crippen LogP contribution is -2.54. The van der Waals surface area contributed by atoms with Gasteiger partial charge in [-0.15, -0.1) is 0 Å². The number of benzene rings is 2. The Morgan fingerprint density at radius 3 is 1.48 bits per heavy atom. The summed E-state index contributed by atoms with van der Waals surface area (Å²) in [4.78, 5) is 0.923. The number of anilines is 2. The zero-order valence-corrected chi connectivity index (χ0v) is 18.8. The van der Waals surface area contributed by atoms with Crippen LogP contribution >= 0.6 is 31.9 Å². The van der Waals surface area contributed by atoms with Crippen molar-refractivity contribution in [2.24, 2.45) is 0 Å². The van der Waals surface area contributed by atoms with Gasteiger partial charge in [0.15, 0.2) is 0 Å². The van der Waals surface area contributed by atoms with Crippen LogP contribution in [0.5, 0.6) is 0 Å². The number of nitrogens with zero attached hydrogens (tertiary/aromatic N) is 2. The molecule has 2 aromatic rings. The molecule has 0 aromatic heterocycles. The summed E-state index contributed by atoms with van der Waals surface area (Å²) >= 11 is 6.97. The Labute approximate surface area is 203 Å². The zero-order valence-electron chi connectivity index (χ0n) is 30.6. The first kappa shape index (κ1) is 8.15. The minimum Gasteiger partial charge on any atom is -0.372 e. The molecule has 2 saturated heterocycles. The molecule has 0 radical (unpaired) electrons. The third kappa shape index (κ3) is 3.88. The Hall–Kier alpha value is -0.783. The lowest BCUT2D eigenvalue weighted by atomic mass is 10.3. The SMILES string of the molecule is [2H]C1([2H])N(c2ccc(Br)c([Si](C)(C)c3cc(N4C([2H])([2H])C([2H])([2H])C([2H])([2H])C4([2H])[2H])ccc3Br)c2)C([2H])([2H])C([2H])([2H])C1([2H])[2H]. The van der Waals surface area contributed by atoms with Crippen LogP contribution in [0.15, 0.2) is 45.3 Å². The highest BCUT2D eigenvalue weighted by Gasteiger charge is 2.32. The van der Waals surface area contributed by atoms with E-state index in [4.69, 9.17) is 21.9 Å². The minimum atomic E-state index is -3.23. The van der Waals surface area contributed by atoms with E-state index >= 15 is 0 Å². The molecule has 0 saturated carbocycles. The largest absolute Gasteiger partial charge is 0.372 e. The van der Waals surface area contributed by atoms with Crippen LogP contribution in [-0.2, 0) is 0 Å². The normalized spacial score (nSPS) is 41.5. The van der Waals surface area contributed by atoms with E-state index in [0.29, 0.717) is 29.1 Å². The third-order valence-electron chi connectivity index (χ3n) is 4.56. The fourth-order valence-electron chi connectivity index (χ4n) is 3.06. The molecule has 0 unspecified atom stereocenters. The van der Waals surface area contributed by atoms with Crippen molar-refractivity contribution in [3.63, 3.8) is 0 Å². The summed E-state index contributed by atoms with van der Waals surface area (Å²) in [6, 6.07) is 8.58. The molecule has 0 N–H and O–H groups in total. The molecule has 2 fully saturated rings. The molecule has 4 rings (SSSR count). The fraction of sp³-hybridized carbons (Fsp3) is 0.455. The van der Waals surface area contributed by atoms with Crippen molar-refractivity contribution in [3.05, 3.63) is 45.3 Å². The van der Waals surface area contributed by atoms with Crippen molar-refractivity contribution in [1.82, 2.24) is 0 Å². The molecule has 2 heterocycles. The van der Waals surface area contributed by atoms with Crippen LogP contribution in [0.1, 0.15) is 47.4 Å². The monoisotopic (exact) mass is 522 g/mol. The molecule has 2 nitrogen and oxygen atoms in total. The number of hydrogen-bond acceptors (Lipinski definition) is 2. The van der Waals surface area contributed by atoms with Gasteiger partial charge in [0, 0.05) is 68.2 Å². The Kier molecular flexibility index (Phi) is 2.39. The van der Waals surface area contributed by atoms with Crippen molar-refractivity contribution in [1.29, 1.82) is 0 Å². The second-order valence-corrected chi connectivity index (χ2v) is 12.6. The molecule has 144 valence electrons. The maximum Gasteiger partial charge on any atom is 0.115 e. The molecule has 2 aliphatic rings. The van der Waals surface area contributed by atoms with Crippen LogP contribution in [-0.4, -0.2) is 34.1 Å². The second kappa shape index (κ2) is 7.92. The van der Waals surface area contributed by atoms with Crippen molar-refractivity contribution in [3.8, 4) is 0 Å². The van der Waals surface area contributed by atoms with Gasteiger partial charge in [0.25, 0.3) is 0 Å². The van der Waals surface area contributed by atoms with Crippen LogP contribution in [0.3, 0.4) is 0 Å². The predicted octanol–water partition coefficient (Wildman–Crippen LogP) is 5.23. The van der Waals surface area contributed by atoms with E-state index in [1.165, 1.54) is 36.4 Å². The molecule has 27 heavy (non-hydrogen) atoms. The second-order valence-electron chi connectivity index (χ2n) is 6.57. The summed E-state index contributed by atoms with van der Waals surface area (Å²) < 4.78 is 134. The summed E-state index contributed by atoms with van der Waals surface area (Å²) in [5, 5.41) is 1.06. The number of rotatable bonds is 4. The van der Waals surface area contributed by atoms with Gasteiger partial charge in [0.1, 0.15) is 8.07 Å². The topological polar surface area (TPSA) is 6.48 Å². The van der Waals surface area contributed by atoms with Gasteiger partial charge in [-0.3, -0.25) is 0 Å². The van der Waals surface area contributed by atoms with Gasteiger partial charge in [0.05, 0.1) is 0 Å². The average Bonchev–Trinajstić information content (AvgIpc) is 2.96. The molecule has 0 aliphatic carbocycles. The smallest absolute Gasteiger partial charge is 0.115 e. The summed E-state index contributed by atoms with van der Waals surface area (Å²) in [5.74, 6) is 0. The summed E-state index contributed by atoms with van der Waals surface area (Å²) in [6.45, 7) is -8.69. The first-order valence-electron chi connectivity index (χ1n) is 16.2. The van der Waals surface area contributed by atoms with Crippen LogP contribution in [0, 0.1) is 0 Å². The Balaban J connectivity index is 1.90. The molecule has 0 spiro atoms.